The number of amides is 3. The predicted molar refractivity (Wildman–Crippen MR) is 65.2 cm³/mol. The van der Waals surface area contributed by atoms with Gasteiger partial charge in [0, 0.05) is 17.4 Å². The first-order valence-corrected chi connectivity index (χ1v) is 5.97. The summed E-state index contributed by atoms with van der Waals surface area (Å²) in [5.41, 5.74) is 0.725. The number of hydrogen-bond acceptors (Lipinski definition) is 2. The molecule has 0 aromatic heterocycles. The zero-order valence-electron chi connectivity index (χ0n) is 8.82. The van der Waals surface area contributed by atoms with Crippen molar-refractivity contribution in [3.05, 3.63) is 34.9 Å². The molecule has 90 valence electrons. The number of carbonyl (C=O) groups excluding carboxylic acids is 2. The van der Waals surface area contributed by atoms with Crippen molar-refractivity contribution in [1.29, 1.82) is 0 Å². The highest BCUT2D eigenvalue weighted by Gasteiger charge is 2.38. The lowest BCUT2D eigenvalue weighted by Gasteiger charge is -2.20. The molecule has 1 heterocycles. The number of imide groups is 1. The lowest BCUT2D eigenvalue weighted by atomic mass is 10.1. The summed E-state index contributed by atoms with van der Waals surface area (Å²) < 4.78 is 0. The number of alkyl halides is 1. The van der Waals surface area contributed by atoms with E-state index in [9.17, 15) is 9.59 Å². The molecule has 17 heavy (non-hydrogen) atoms. The van der Waals surface area contributed by atoms with E-state index in [0.29, 0.717) is 11.6 Å². The molecular formula is C11H10Cl2N2O2. The van der Waals surface area contributed by atoms with E-state index in [0.717, 1.165) is 5.56 Å². The topological polar surface area (TPSA) is 49.4 Å². The Morgan fingerprint density at radius 3 is 2.47 bits per heavy atom. The van der Waals surface area contributed by atoms with Crippen LogP contribution in [0.2, 0.25) is 5.02 Å². The fourth-order valence-corrected chi connectivity index (χ4v) is 2.11. The number of rotatable bonds is 3. The average Bonchev–Trinajstić information content (AvgIpc) is 2.56. The average molecular weight is 273 g/mol. The molecule has 4 nitrogen and oxygen atoms in total. The van der Waals surface area contributed by atoms with Gasteiger partial charge in [0.1, 0.15) is 6.04 Å². The maximum Gasteiger partial charge on any atom is 0.325 e. The van der Waals surface area contributed by atoms with E-state index >= 15 is 0 Å². The number of nitrogens with zero attached hydrogens (tertiary/aromatic N) is 1. The van der Waals surface area contributed by atoms with Crippen LogP contribution in [0.4, 0.5) is 4.79 Å². The van der Waals surface area contributed by atoms with Crippen molar-refractivity contribution in [2.75, 3.05) is 12.4 Å². The highest BCUT2D eigenvalue weighted by atomic mass is 35.5. The Bertz CT molecular complexity index is 447. The third-order valence-corrected chi connectivity index (χ3v) is 2.98. The van der Waals surface area contributed by atoms with Crippen LogP contribution in [0.3, 0.4) is 0 Å². The van der Waals surface area contributed by atoms with E-state index in [-0.39, 0.29) is 11.8 Å². The largest absolute Gasteiger partial charge is 0.325 e. The second kappa shape index (κ2) is 4.94. The van der Waals surface area contributed by atoms with Gasteiger partial charge in [0.05, 0.1) is 0 Å². The first-order valence-electron chi connectivity index (χ1n) is 5.06. The van der Waals surface area contributed by atoms with Gasteiger partial charge in [0.15, 0.2) is 0 Å². The maximum atomic E-state index is 11.7. The smallest absolute Gasteiger partial charge is 0.307 e. The highest BCUT2D eigenvalue weighted by Crippen LogP contribution is 2.26. The van der Waals surface area contributed by atoms with Gasteiger partial charge in [-0.1, -0.05) is 23.7 Å². The first kappa shape index (κ1) is 12.2. The van der Waals surface area contributed by atoms with Crippen molar-refractivity contribution in [3.8, 4) is 0 Å². The Balaban J connectivity index is 2.31. The molecular weight excluding hydrogens is 263 g/mol. The van der Waals surface area contributed by atoms with E-state index in [1.54, 1.807) is 24.3 Å². The van der Waals surface area contributed by atoms with E-state index < -0.39 is 12.1 Å². The van der Waals surface area contributed by atoms with Crippen LogP contribution in [0.25, 0.3) is 0 Å². The second-order valence-corrected chi connectivity index (χ2v) is 4.45. The Morgan fingerprint density at radius 1 is 1.24 bits per heavy atom. The summed E-state index contributed by atoms with van der Waals surface area (Å²) in [7, 11) is 0. The third-order valence-electron chi connectivity index (χ3n) is 2.56. The summed E-state index contributed by atoms with van der Waals surface area (Å²) in [6, 6.07) is 5.81. The Kier molecular flexibility index (Phi) is 3.54. The van der Waals surface area contributed by atoms with Crippen LogP contribution in [0.1, 0.15) is 11.6 Å². The van der Waals surface area contributed by atoms with Crippen LogP contribution >= 0.6 is 23.2 Å². The summed E-state index contributed by atoms with van der Waals surface area (Å²) in [5.74, 6) is -0.0485. The molecule has 1 atom stereocenters. The zero-order valence-corrected chi connectivity index (χ0v) is 10.3. The third kappa shape index (κ3) is 2.37. The molecule has 0 spiro atoms. The van der Waals surface area contributed by atoms with Gasteiger partial charge in [-0.05, 0) is 17.7 Å². The van der Waals surface area contributed by atoms with Gasteiger partial charge in [-0.25, -0.2) is 4.79 Å². The van der Waals surface area contributed by atoms with Crippen molar-refractivity contribution in [2.24, 2.45) is 0 Å². The fourth-order valence-electron chi connectivity index (χ4n) is 1.80. The van der Waals surface area contributed by atoms with Crippen molar-refractivity contribution in [1.82, 2.24) is 10.2 Å². The molecule has 2 rings (SSSR count). The summed E-state index contributed by atoms with van der Waals surface area (Å²) in [5, 5.41) is 2.86. The summed E-state index contributed by atoms with van der Waals surface area (Å²) >= 11 is 11.4. The number of carbonyl (C=O) groups is 2. The van der Waals surface area contributed by atoms with Crippen molar-refractivity contribution < 1.29 is 9.59 Å². The number of urea groups is 1. The van der Waals surface area contributed by atoms with E-state index in [2.05, 4.69) is 5.32 Å². The predicted octanol–water partition coefficient (Wildman–Crippen LogP) is 2.17. The zero-order chi connectivity index (χ0) is 12.4. The normalized spacial score (nSPS) is 19.6. The maximum absolute atomic E-state index is 11.7. The van der Waals surface area contributed by atoms with Gasteiger partial charge >= 0.3 is 6.03 Å². The quantitative estimate of drug-likeness (QED) is 0.677. The molecule has 3 amide bonds. The molecule has 0 bridgehead atoms. The second-order valence-electron chi connectivity index (χ2n) is 3.63. The Hall–Kier alpha value is -1.26. The van der Waals surface area contributed by atoms with Gasteiger partial charge in [-0.3, -0.25) is 10.1 Å². The number of nitrogens with one attached hydrogen (secondary N) is 1. The Morgan fingerprint density at radius 2 is 1.88 bits per heavy atom. The standard InChI is InChI=1S/C11H10Cl2N2O2/c12-5-6-15-9(10(16)14-11(15)17)7-1-3-8(13)4-2-7/h1-4,9H,5-6H2,(H,14,16,17). The lowest BCUT2D eigenvalue weighted by molar-refractivity contribution is -0.121. The first-order chi connectivity index (χ1) is 8.13. The molecule has 0 aliphatic carbocycles. The van der Waals surface area contributed by atoms with E-state index in [1.165, 1.54) is 4.90 Å². The molecule has 1 fully saturated rings. The van der Waals surface area contributed by atoms with E-state index in [4.69, 9.17) is 23.2 Å². The van der Waals surface area contributed by atoms with Gasteiger partial charge in [-0.2, -0.15) is 0 Å². The van der Waals surface area contributed by atoms with Crippen molar-refractivity contribution >= 4 is 35.1 Å². The fraction of sp³-hybridized carbons (Fsp3) is 0.273. The van der Waals surface area contributed by atoms with Gasteiger partial charge in [0.2, 0.25) is 0 Å². The number of benzene rings is 1. The van der Waals surface area contributed by atoms with Crippen LogP contribution in [0.15, 0.2) is 24.3 Å². The van der Waals surface area contributed by atoms with Crippen LogP contribution in [0.5, 0.6) is 0 Å². The molecule has 1 aromatic carbocycles. The van der Waals surface area contributed by atoms with Crippen LogP contribution < -0.4 is 5.32 Å². The monoisotopic (exact) mass is 272 g/mol. The Labute approximate surface area is 108 Å². The molecule has 1 N–H and O–H groups in total. The van der Waals surface area contributed by atoms with Crippen LogP contribution in [0, 0.1) is 0 Å². The molecule has 6 heteroatoms. The molecule has 1 aliphatic heterocycles. The SMILES string of the molecule is O=C1NC(=O)N(CCCl)C1c1ccc(Cl)cc1. The van der Waals surface area contributed by atoms with Gasteiger partial charge in [-0.15, -0.1) is 11.6 Å². The number of hydrogen-bond donors (Lipinski definition) is 1. The summed E-state index contributed by atoms with van der Waals surface area (Å²) in [6.45, 7) is 0.326. The van der Waals surface area contributed by atoms with Crippen LogP contribution in [-0.4, -0.2) is 29.3 Å². The molecule has 1 aromatic rings. The van der Waals surface area contributed by atoms with Crippen molar-refractivity contribution in [2.45, 2.75) is 6.04 Å². The minimum Gasteiger partial charge on any atom is -0.307 e. The lowest BCUT2D eigenvalue weighted by Crippen LogP contribution is -2.31. The number of halogens is 2. The molecule has 1 saturated heterocycles. The van der Waals surface area contributed by atoms with Crippen LogP contribution in [-0.2, 0) is 4.79 Å². The molecule has 0 saturated carbocycles. The molecule has 0 radical (unpaired) electrons. The van der Waals surface area contributed by atoms with E-state index in [1.807, 2.05) is 0 Å². The van der Waals surface area contributed by atoms with Gasteiger partial charge < -0.3 is 4.90 Å². The highest BCUT2D eigenvalue weighted by molar-refractivity contribution is 6.30. The molecule has 1 aliphatic rings. The van der Waals surface area contributed by atoms with Crippen molar-refractivity contribution in [3.63, 3.8) is 0 Å². The van der Waals surface area contributed by atoms with Gasteiger partial charge in [0.25, 0.3) is 5.91 Å². The minimum absolute atomic E-state index is 0.283. The molecule has 1 unspecified atom stereocenters. The summed E-state index contributed by atoms with van der Waals surface area (Å²) in [4.78, 5) is 24.7. The summed E-state index contributed by atoms with van der Waals surface area (Å²) in [6.07, 6.45) is 0. The minimum atomic E-state index is -0.612.